The molecule has 0 bridgehead atoms. The van der Waals surface area contributed by atoms with Gasteiger partial charge in [0.2, 0.25) is 11.8 Å². The summed E-state index contributed by atoms with van der Waals surface area (Å²) < 4.78 is 0. The molecule has 1 saturated heterocycles. The number of ketones is 1. The molecule has 0 spiro atoms. The van der Waals surface area contributed by atoms with E-state index in [1.54, 1.807) is 43.3 Å². The van der Waals surface area contributed by atoms with E-state index >= 15 is 0 Å². The fraction of sp³-hybridized carbons (Fsp3) is 0.423. The Kier molecular flexibility index (Phi) is 5.59. The maximum absolute atomic E-state index is 13.3. The highest BCUT2D eigenvalue weighted by molar-refractivity contribution is 6.21. The third-order valence-corrected chi connectivity index (χ3v) is 5.75. The third kappa shape index (κ3) is 4.27. The number of rotatable bonds is 3. The molecular weight excluding hydrogens is 390 g/mol. The summed E-state index contributed by atoms with van der Waals surface area (Å²) in [5, 5.41) is 10.9. The normalized spacial score (nSPS) is 17.4. The van der Waals surface area contributed by atoms with Crippen molar-refractivity contribution in [1.29, 1.82) is 0 Å². The van der Waals surface area contributed by atoms with Crippen LogP contribution in [-0.4, -0.2) is 22.7 Å². The highest BCUT2D eigenvalue weighted by atomic mass is 16.3. The predicted molar refractivity (Wildman–Crippen MR) is 122 cm³/mol. The Morgan fingerprint density at radius 2 is 1.39 bits per heavy atom. The van der Waals surface area contributed by atoms with Gasteiger partial charge < -0.3 is 5.11 Å². The van der Waals surface area contributed by atoms with Crippen molar-refractivity contribution in [2.45, 2.75) is 65.7 Å². The van der Waals surface area contributed by atoms with Gasteiger partial charge in [0, 0.05) is 34.6 Å². The molecule has 0 saturated carbocycles. The Morgan fingerprint density at radius 1 is 0.903 bits per heavy atom. The maximum atomic E-state index is 13.3. The van der Waals surface area contributed by atoms with Crippen LogP contribution in [0.5, 0.6) is 5.75 Å². The molecule has 0 radical (unpaired) electrons. The standard InChI is InChI=1S/C26H31NO4/c1-15-12-21(28)27(24(15)31)18-10-8-16(9-11-18)22(29)17-13-19(25(2,3)4)23(30)20(14-17)26(5,6)7/h8-11,13-15,30H,12H2,1-7H3. The van der Waals surface area contributed by atoms with E-state index in [4.69, 9.17) is 0 Å². The molecule has 1 atom stereocenters. The minimum atomic E-state index is -0.336. The van der Waals surface area contributed by atoms with Gasteiger partial charge in [0.15, 0.2) is 5.78 Å². The van der Waals surface area contributed by atoms with Crippen molar-refractivity contribution in [2.75, 3.05) is 4.90 Å². The van der Waals surface area contributed by atoms with Gasteiger partial charge in [-0.25, -0.2) is 0 Å². The van der Waals surface area contributed by atoms with Crippen molar-refractivity contribution in [3.8, 4) is 5.75 Å². The van der Waals surface area contributed by atoms with Crippen LogP contribution in [0.1, 0.15) is 81.9 Å². The van der Waals surface area contributed by atoms with Crippen LogP contribution in [0.2, 0.25) is 0 Å². The van der Waals surface area contributed by atoms with E-state index in [1.165, 1.54) is 4.90 Å². The van der Waals surface area contributed by atoms with Crippen LogP contribution in [0.4, 0.5) is 5.69 Å². The van der Waals surface area contributed by atoms with E-state index in [-0.39, 0.29) is 46.5 Å². The second kappa shape index (κ2) is 7.63. The lowest BCUT2D eigenvalue weighted by molar-refractivity contribution is -0.122. The number of phenolic OH excluding ortho intramolecular Hbond substituents is 1. The summed E-state index contributed by atoms with van der Waals surface area (Å²) >= 11 is 0. The Hall–Kier alpha value is -2.95. The molecule has 1 N–H and O–H groups in total. The second-order valence-corrected chi connectivity index (χ2v) is 10.5. The maximum Gasteiger partial charge on any atom is 0.237 e. The fourth-order valence-corrected chi connectivity index (χ4v) is 3.89. The van der Waals surface area contributed by atoms with Gasteiger partial charge in [0.1, 0.15) is 5.75 Å². The molecule has 1 unspecified atom stereocenters. The zero-order chi connectivity index (χ0) is 23.3. The molecule has 2 amide bonds. The average molecular weight is 422 g/mol. The number of imide groups is 1. The van der Waals surface area contributed by atoms with Gasteiger partial charge >= 0.3 is 0 Å². The van der Waals surface area contributed by atoms with E-state index in [9.17, 15) is 19.5 Å². The Bertz CT molecular complexity index is 1020. The Labute approximate surface area is 184 Å². The summed E-state index contributed by atoms with van der Waals surface area (Å²) in [6.45, 7) is 13.8. The minimum Gasteiger partial charge on any atom is -0.507 e. The SMILES string of the molecule is CC1CC(=O)N(c2ccc(C(=O)c3cc(C(C)(C)C)c(O)c(C(C)(C)C)c3)cc2)C1=O. The number of carbonyl (C=O) groups is 3. The molecule has 0 aromatic heterocycles. The van der Waals surface area contributed by atoms with Gasteiger partial charge in [-0.2, -0.15) is 0 Å². The molecule has 3 rings (SSSR count). The lowest BCUT2D eigenvalue weighted by Gasteiger charge is -2.28. The zero-order valence-electron chi connectivity index (χ0n) is 19.4. The highest BCUT2D eigenvalue weighted by Crippen LogP contribution is 2.40. The van der Waals surface area contributed by atoms with Crippen molar-refractivity contribution >= 4 is 23.3 Å². The summed E-state index contributed by atoms with van der Waals surface area (Å²) in [5.41, 5.74) is 2.22. The molecule has 5 nitrogen and oxygen atoms in total. The van der Waals surface area contributed by atoms with Crippen LogP contribution in [0.3, 0.4) is 0 Å². The van der Waals surface area contributed by atoms with Crippen molar-refractivity contribution < 1.29 is 19.5 Å². The summed E-state index contributed by atoms with van der Waals surface area (Å²) in [6.07, 6.45) is 0.207. The molecule has 1 aliphatic rings. The number of anilines is 1. The van der Waals surface area contributed by atoms with Crippen LogP contribution in [0, 0.1) is 5.92 Å². The van der Waals surface area contributed by atoms with Crippen LogP contribution < -0.4 is 4.90 Å². The molecule has 0 aliphatic carbocycles. The molecule has 2 aromatic rings. The second-order valence-electron chi connectivity index (χ2n) is 10.5. The third-order valence-electron chi connectivity index (χ3n) is 5.75. The van der Waals surface area contributed by atoms with Crippen molar-refractivity contribution in [1.82, 2.24) is 0 Å². The van der Waals surface area contributed by atoms with Gasteiger partial charge in [-0.05, 0) is 47.2 Å². The first-order chi connectivity index (χ1) is 14.2. The lowest BCUT2D eigenvalue weighted by Crippen LogP contribution is -2.29. The summed E-state index contributed by atoms with van der Waals surface area (Å²) in [5.74, 6) is -0.702. The first-order valence-electron chi connectivity index (χ1n) is 10.6. The molecule has 31 heavy (non-hydrogen) atoms. The molecule has 5 heteroatoms. The van der Waals surface area contributed by atoms with E-state index in [0.717, 1.165) is 11.1 Å². The largest absolute Gasteiger partial charge is 0.507 e. The number of phenols is 1. The van der Waals surface area contributed by atoms with Crippen LogP contribution in [-0.2, 0) is 20.4 Å². The minimum absolute atomic E-state index is 0.171. The van der Waals surface area contributed by atoms with Gasteiger partial charge in [0.05, 0.1) is 5.69 Å². The molecule has 2 aromatic carbocycles. The first kappa shape index (κ1) is 22.7. The number of nitrogens with zero attached hydrogens (tertiary/aromatic N) is 1. The quantitative estimate of drug-likeness (QED) is 0.551. The monoisotopic (exact) mass is 421 g/mol. The molecule has 1 aliphatic heterocycles. The average Bonchev–Trinajstić information content (AvgIpc) is 2.91. The number of amides is 2. The first-order valence-corrected chi connectivity index (χ1v) is 10.6. The van der Waals surface area contributed by atoms with Crippen LogP contribution >= 0.6 is 0 Å². The van der Waals surface area contributed by atoms with E-state index in [2.05, 4.69) is 0 Å². The predicted octanol–water partition coefficient (Wildman–Crippen LogP) is 5.12. The smallest absolute Gasteiger partial charge is 0.237 e. The van der Waals surface area contributed by atoms with E-state index in [1.807, 2.05) is 41.5 Å². The zero-order valence-corrected chi connectivity index (χ0v) is 19.4. The van der Waals surface area contributed by atoms with E-state index < -0.39 is 0 Å². The Balaban J connectivity index is 2.01. The van der Waals surface area contributed by atoms with Crippen molar-refractivity contribution in [3.63, 3.8) is 0 Å². The molecule has 1 heterocycles. The van der Waals surface area contributed by atoms with Crippen molar-refractivity contribution in [2.24, 2.45) is 5.92 Å². The number of hydrogen-bond donors (Lipinski definition) is 1. The number of benzene rings is 2. The summed E-state index contributed by atoms with van der Waals surface area (Å²) in [4.78, 5) is 38.9. The van der Waals surface area contributed by atoms with Gasteiger partial charge in [-0.1, -0.05) is 48.5 Å². The van der Waals surface area contributed by atoms with Gasteiger partial charge in [-0.15, -0.1) is 0 Å². The number of carbonyl (C=O) groups excluding carboxylic acids is 3. The number of aromatic hydroxyl groups is 1. The van der Waals surface area contributed by atoms with Gasteiger partial charge in [-0.3, -0.25) is 19.3 Å². The molecule has 1 fully saturated rings. The van der Waals surface area contributed by atoms with Crippen LogP contribution in [0.25, 0.3) is 0 Å². The fourth-order valence-electron chi connectivity index (χ4n) is 3.89. The highest BCUT2D eigenvalue weighted by Gasteiger charge is 2.36. The van der Waals surface area contributed by atoms with Gasteiger partial charge in [0.25, 0.3) is 0 Å². The lowest BCUT2D eigenvalue weighted by atomic mass is 9.77. The molecular formula is C26H31NO4. The summed E-state index contributed by atoms with van der Waals surface area (Å²) in [7, 11) is 0. The van der Waals surface area contributed by atoms with Crippen LogP contribution in [0.15, 0.2) is 36.4 Å². The van der Waals surface area contributed by atoms with Crippen molar-refractivity contribution in [3.05, 3.63) is 58.7 Å². The molecule has 164 valence electrons. The number of hydrogen-bond acceptors (Lipinski definition) is 4. The summed E-state index contributed by atoms with van der Waals surface area (Å²) in [6, 6.07) is 10.1. The topological polar surface area (TPSA) is 74.7 Å². The van der Waals surface area contributed by atoms with E-state index in [0.29, 0.717) is 16.8 Å². The Morgan fingerprint density at radius 3 is 1.77 bits per heavy atom.